The molecule has 0 saturated heterocycles. The van der Waals surface area contributed by atoms with Crippen LogP contribution in [0.5, 0.6) is 0 Å². The van der Waals surface area contributed by atoms with Crippen LogP contribution in [0.2, 0.25) is 5.02 Å². The summed E-state index contributed by atoms with van der Waals surface area (Å²) in [5.41, 5.74) is 6.48. The van der Waals surface area contributed by atoms with Gasteiger partial charge in [0.25, 0.3) is 5.91 Å². The molecule has 3 N–H and O–H groups in total. The molecule has 1 heterocycles. The number of hydrogen-bond acceptors (Lipinski definition) is 3. The number of carbonyl (C=O) groups is 1. The normalized spacial score (nSPS) is 12.1. The molecule has 0 spiro atoms. The van der Waals surface area contributed by atoms with Gasteiger partial charge in [0.15, 0.2) is 0 Å². The highest BCUT2D eigenvalue weighted by Gasteiger charge is 2.18. The van der Waals surface area contributed by atoms with Crippen LogP contribution in [0.25, 0.3) is 10.1 Å². The first-order chi connectivity index (χ1) is 9.06. The van der Waals surface area contributed by atoms with Gasteiger partial charge in [0.1, 0.15) is 4.88 Å². The molecule has 0 radical (unpaired) electrons. The van der Waals surface area contributed by atoms with Crippen molar-refractivity contribution in [1.82, 2.24) is 5.32 Å². The first kappa shape index (κ1) is 13.7. The molecule has 2 rings (SSSR count). The zero-order chi connectivity index (χ0) is 14.0. The second kappa shape index (κ2) is 5.52. The highest BCUT2D eigenvalue weighted by molar-refractivity contribution is 7.21. The van der Waals surface area contributed by atoms with Crippen LogP contribution in [0.15, 0.2) is 18.2 Å². The van der Waals surface area contributed by atoms with Crippen molar-refractivity contribution in [3.05, 3.63) is 28.1 Å². The van der Waals surface area contributed by atoms with Crippen molar-refractivity contribution in [3.8, 4) is 12.3 Å². The molecule has 0 fully saturated rings. The number of halogens is 1. The third-order valence-corrected chi connectivity index (χ3v) is 4.21. The van der Waals surface area contributed by atoms with Gasteiger partial charge < -0.3 is 11.1 Å². The number of thiophene rings is 1. The quantitative estimate of drug-likeness (QED) is 0.853. The number of nitrogens with two attached hydrogens (primary N) is 1. The van der Waals surface area contributed by atoms with Crippen LogP contribution < -0.4 is 11.1 Å². The molecule has 0 bridgehead atoms. The average Bonchev–Trinajstić information content (AvgIpc) is 2.72. The molecule has 2 aromatic rings. The average molecular weight is 293 g/mol. The van der Waals surface area contributed by atoms with Crippen LogP contribution in [0.1, 0.15) is 23.0 Å². The molecule has 1 aromatic heterocycles. The monoisotopic (exact) mass is 292 g/mol. The number of fused-ring (bicyclic) bond motifs is 1. The lowest BCUT2D eigenvalue weighted by Crippen LogP contribution is -2.33. The molecule has 1 unspecified atom stereocenters. The zero-order valence-corrected chi connectivity index (χ0v) is 11.9. The van der Waals surface area contributed by atoms with Gasteiger partial charge in [0.2, 0.25) is 0 Å². The van der Waals surface area contributed by atoms with Crippen molar-refractivity contribution in [2.24, 2.45) is 0 Å². The largest absolute Gasteiger partial charge is 0.397 e. The minimum absolute atomic E-state index is 0.236. The fourth-order valence-corrected chi connectivity index (χ4v) is 3.05. The van der Waals surface area contributed by atoms with Gasteiger partial charge in [-0.05, 0) is 24.6 Å². The topological polar surface area (TPSA) is 55.1 Å². The van der Waals surface area contributed by atoms with Gasteiger partial charge in [0, 0.05) is 15.1 Å². The third-order valence-electron chi connectivity index (χ3n) is 2.81. The number of terminal acetylenes is 1. The van der Waals surface area contributed by atoms with E-state index in [9.17, 15) is 4.79 Å². The number of nitrogen functional groups attached to an aromatic ring is 1. The summed E-state index contributed by atoms with van der Waals surface area (Å²) in [5, 5.41) is 4.23. The Morgan fingerprint density at radius 3 is 3.00 bits per heavy atom. The van der Waals surface area contributed by atoms with Crippen molar-refractivity contribution < 1.29 is 4.79 Å². The Bertz CT molecular complexity index is 672. The van der Waals surface area contributed by atoms with Crippen molar-refractivity contribution in [1.29, 1.82) is 0 Å². The molecular formula is C14H13ClN2OS. The summed E-state index contributed by atoms with van der Waals surface area (Å²) < 4.78 is 0.893. The summed E-state index contributed by atoms with van der Waals surface area (Å²) in [6.45, 7) is 1.92. The van der Waals surface area contributed by atoms with Gasteiger partial charge in [-0.25, -0.2) is 0 Å². The number of amides is 1. The number of anilines is 1. The summed E-state index contributed by atoms with van der Waals surface area (Å²) in [7, 11) is 0. The highest BCUT2D eigenvalue weighted by atomic mass is 35.5. The van der Waals surface area contributed by atoms with Gasteiger partial charge in [-0.15, -0.1) is 17.8 Å². The van der Waals surface area contributed by atoms with Crippen LogP contribution in [0, 0.1) is 12.3 Å². The Morgan fingerprint density at radius 2 is 2.37 bits per heavy atom. The standard InChI is InChI=1S/C14H13ClN2OS/c1-3-9(4-2)17-14(18)13-12(16)10-6-5-8(15)7-11(10)19-13/h1,5-7,9H,4,16H2,2H3,(H,17,18). The number of carbonyl (C=O) groups excluding carboxylic acids is 1. The number of hydrogen-bond donors (Lipinski definition) is 2. The van der Waals surface area contributed by atoms with Gasteiger partial charge in [-0.2, -0.15) is 0 Å². The van der Waals surface area contributed by atoms with E-state index in [0.29, 0.717) is 22.0 Å². The maximum Gasteiger partial charge on any atom is 0.264 e. The smallest absolute Gasteiger partial charge is 0.264 e. The van der Waals surface area contributed by atoms with Crippen molar-refractivity contribution in [2.75, 3.05) is 5.73 Å². The fourth-order valence-electron chi connectivity index (χ4n) is 1.74. The summed E-state index contributed by atoms with van der Waals surface area (Å²) in [5.74, 6) is 2.29. The maximum atomic E-state index is 12.1. The first-order valence-corrected chi connectivity index (χ1v) is 7.00. The number of benzene rings is 1. The molecule has 1 aromatic carbocycles. The van der Waals surface area contributed by atoms with Gasteiger partial charge in [-0.3, -0.25) is 4.79 Å². The van der Waals surface area contributed by atoms with Crippen LogP contribution >= 0.6 is 22.9 Å². The first-order valence-electron chi connectivity index (χ1n) is 5.81. The minimum atomic E-state index is -0.277. The second-order valence-corrected chi connectivity index (χ2v) is 5.57. The van der Waals surface area contributed by atoms with Crippen LogP contribution in [-0.2, 0) is 0 Å². The fraction of sp³-hybridized carbons (Fsp3) is 0.214. The molecule has 0 saturated carbocycles. The van der Waals surface area contributed by atoms with Gasteiger partial charge >= 0.3 is 0 Å². The summed E-state index contributed by atoms with van der Waals surface area (Å²) in [6.07, 6.45) is 6.01. The maximum absolute atomic E-state index is 12.1. The Kier molecular flexibility index (Phi) is 3.98. The van der Waals surface area contributed by atoms with Gasteiger partial charge in [-0.1, -0.05) is 24.4 Å². The second-order valence-electron chi connectivity index (χ2n) is 4.09. The van der Waals surface area contributed by atoms with Crippen molar-refractivity contribution >= 4 is 44.6 Å². The lowest BCUT2D eigenvalue weighted by atomic mass is 10.2. The third kappa shape index (κ3) is 2.67. The van der Waals surface area contributed by atoms with Crippen molar-refractivity contribution in [3.63, 3.8) is 0 Å². The minimum Gasteiger partial charge on any atom is -0.397 e. The van der Waals surface area contributed by atoms with E-state index >= 15 is 0 Å². The molecule has 1 atom stereocenters. The predicted molar refractivity (Wildman–Crippen MR) is 81.6 cm³/mol. The van der Waals surface area contributed by atoms with Crippen LogP contribution in [-0.4, -0.2) is 11.9 Å². The van der Waals surface area contributed by atoms with Crippen LogP contribution in [0.3, 0.4) is 0 Å². The van der Waals surface area contributed by atoms with Crippen molar-refractivity contribution in [2.45, 2.75) is 19.4 Å². The van der Waals surface area contributed by atoms with Gasteiger partial charge in [0.05, 0.1) is 11.7 Å². The number of nitrogens with one attached hydrogen (secondary N) is 1. The number of rotatable bonds is 3. The highest BCUT2D eigenvalue weighted by Crippen LogP contribution is 2.35. The molecule has 98 valence electrons. The lowest BCUT2D eigenvalue weighted by Gasteiger charge is -2.09. The van der Waals surface area contributed by atoms with Crippen LogP contribution in [0.4, 0.5) is 5.69 Å². The Balaban J connectivity index is 2.38. The summed E-state index contributed by atoms with van der Waals surface area (Å²) in [4.78, 5) is 12.6. The molecule has 0 aliphatic carbocycles. The Hall–Kier alpha value is -1.70. The van der Waals surface area contributed by atoms with E-state index in [2.05, 4.69) is 11.2 Å². The van der Waals surface area contributed by atoms with E-state index in [4.69, 9.17) is 23.8 Å². The molecule has 3 nitrogen and oxygen atoms in total. The van der Waals surface area contributed by atoms with E-state index in [1.807, 2.05) is 13.0 Å². The van der Waals surface area contributed by atoms with E-state index in [0.717, 1.165) is 10.1 Å². The molecule has 0 aliphatic heterocycles. The van der Waals surface area contributed by atoms with E-state index in [1.54, 1.807) is 12.1 Å². The Labute approximate surface area is 120 Å². The lowest BCUT2D eigenvalue weighted by molar-refractivity contribution is 0.0950. The summed E-state index contributed by atoms with van der Waals surface area (Å²) in [6, 6.07) is 5.09. The Morgan fingerprint density at radius 1 is 1.63 bits per heavy atom. The zero-order valence-electron chi connectivity index (χ0n) is 10.4. The predicted octanol–water partition coefficient (Wildman–Crippen LogP) is 3.28. The molecule has 19 heavy (non-hydrogen) atoms. The molecule has 1 amide bonds. The molecule has 5 heteroatoms. The van der Waals surface area contributed by atoms with E-state index in [-0.39, 0.29) is 11.9 Å². The molecular weight excluding hydrogens is 280 g/mol. The van der Waals surface area contributed by atoms with E-state index in [1.165, 1.54) is 11.3 Å². The summed E-state index contributed by atoms with van der Waals surface area (Å²) >= 11 is 7.25. The SMILES string of the molecule is C#CC(CC)NC(=O)c1sc2cc(Cl)ccc2c1N. The van der Waals surface area contributed by atoms with E-state index < -0.39 is 0 Å². The molecule has 0 aliphatic rings.